The second kappa shape index (κ2) is 7.70. The largest absolute Gasteiger partial charge is 0.370 e. The zero-order chi connectivity index (χ0) is 16.1. The van der Waals surface area contributed by atoms with Gasteiger partial charge in [-0.25, -0.2) is 0 Å². The van der Waals surface area contributed by atoms with E-state index in [1.807, 2.05) is 13.0 Å². The number of carbonyl (C=O) groups excluding carboxylic acids is 1. The highest BCUT2D eigenvalue weighted by Crippen LogP contribution is 2.25. The molecule has 2 rings (SSSR count). The molecule has 1 fully saturated rings. The fraction of sp³-hybridized carbons (Fsp3) is 0.467. The van der Waals surface area contributed by atoms with Crippen molar-refractivity contribution < 1.29 is 4.79 Å². The third-order valence-electron chi connectivity index (χ3n) is 3.60. The Labute approximate surface area is 140 Å². The summed E-state index contributed by atoms with van der Waals surface area (Å²) < 4.78 is 0. The van der Waals surface area contributed by atoms with Crippen LogP contribution in [0.1, 0.15) is 37.8 Å². The Balaban J connectivity index is 1.91. The fourth-order valence-electron chi connectivity index (χ4n) is 2.42. The number of piperidine rings is 1. The van der Waals surface area contributed by atoms with E-state index in [-0.39, 0.29) is 18.0 Å². The second-order valence-electron chi connectivity index (χ2n) is 5.41. The third-order valence-corrected chi connectivity index (χ3v) is 4.16. The van der Waals surface area contributed by atoms with E-state index in [0.29, 0.717) is 29.0 Å². The van der Waals surface area contributed by atoms with Gasteiger partial charge in [0.05, 0.1) is 12.6 Å². The molecule has 1 amide bonds. The monoisotopic (exact) mass is 342 g/mol. The molecule has 0 bridgehead atoms. The minimum atomic E-state index is -0.0885. The van der Waals surface area contributed by atoms with Gasteiger partial charge < -0.3 is 16.4 Å². The summed E-state index contributed by atoms with van der Waals surface area (Å²) in [4.78, 5) is 15.6. The zero-order valence-corrected chi connectivity index (χ0v) is 13.9. The van der Waals surface area contributed by atoms with E-state index < -0.39 is 0 Å². The van der Waals surface area contributed by atoms with Crippen molar-refractivity contribution in [2.24, 2.45) is 10.7 Å². The molecule has 120 valence electrons. The first-order valence-corrected chi connectivity index (χ1v) is 8.02. The van der Waals surface area contributed by atoms with Crippen LogP contribution in [0.4, 0.5) is 0 Å². The second-order valence-corrected chi connectivity index (χ2v) is 6.26. The van der Waals surface area contributed by atoms with Gasteiger partial charge in [0.15, 0.2) is 5.96 Å². The van der Waals surface area contributed by atoms with E-state index in [2.05, 4.69) is 15.6 Å². The standard InChI is InChI=1S/C15H20Cl2N4O/c1-9(12-6-5-10(16)7-13(12)17)20-15(18)19-8-11-3-2-4-14(22)21-11/h5-7,9,11H,2-4,8H2,1H3,(H,21,22)(H3,18,19,20). The Morgan fingerprint density at radius 2 is 2.32 bits per heavy atom. The summed E-state index contributed by atoms with van der Waals surface area (Å²) in [6, 6.07) is 5.31. The van der Waals surface area contributed by atoms with Gasteiger partial charge in [-0.05, 0) is 37.5 Å². The average Bonchev–Trinajstić information content (AvgIpc) is 2.45. The Hall–Kier alpha value is -1.46. The molecular weight excluding hydrogens is 323 g/mol. The Morgan fingerprint density at radius 1 is 1.55 bits per heavy atom. The molecule has 2 atom stereocenters. The summed E-state index contributed by atoms with van der Waals surface area (Å²) >= 11 is 12.1. The van der Waals surface area contributed by atoms with Gasteiger partial charge in [0.1, 0.15) is 0 Å². The molecule has 1 aromatic rings. The van der Waals surface area contributed by atoms with Gasteiger partial charge in [0.25, 0.3) is 0 Å². The summed E-state index contributed by atoms with van der Waals surface area (Å²) in [5, 5.41) is 7.18. The van der Waals surface area contributed by atoms with Crippen LogP contribution in [0.15, 0.2) is 23.2 Å². The molecule has 1 aliphatic heterocycles. The molecule has 1 heterocycles. The van der Waals surface area contributed by atoms with E-state index >= 15 is 0 Å². The lowest BCUT2D eigenvalue weighted by atomic mass is 10.0. The minimum absolute atomic E-state index is 0.0658. The number of amides is 1. The molecule has 1 saturated heterocycles. The summed E-state index contributed by atoms with van der Waals surface area (Å²) in [6.45, 7) is 2.42. The summed E-state index contributed by atoms with van der Waals surface area (Å²) in [6.07, 6.45) is 2.43. The first-order valence-electron chi connectivity index (χ1n) is 7.26. The predicted molar refractivity (Wildman–Crippen MR) is 90.3 cm³/mol. The number of hydrogen-bond donors (Lipinski definition) is 3. The van der Waals surface area contributed by atoms with Crippen LogP contribution in [-0.2, 0) is 4.79 Å². The first kappa shape index (κ1) is 16.9. The van der Waals surface area contributed by atoms with Gasteiger partial charge in [-0.3, -0.25) is 9.79 Å². The van der Waals surface area contributed by atoms with Gasteiger partial charge >= 0.3 is 0 Å². The van der Waals surface area contributed by atoms with Crippen molar-refractivity contribution in [1.82, 2.24) is 10.6 Å². The van der Waals surface area contributed by atoms with Crippen LogP contribution in [0, 0.1) is 0 Å². The lowest BCUT2D eigenvalue weighted by Crippen LogP contribution is -2.42. The number of benzene rings is 1. The predicted octanol–water partition coefficient (Wildman–Crippen LogP) is 2.63. The van der Waals surface area contributed by atoms with E-state index in [1.165, 1.54) is 0 Å². The lowest BCUT2D eigenvalue weighted by Gasteiger charge is -2.22. The maximum atomic E-state index is 11.3. The summed E-state index contributed by atoms with van der Waals surface area (Å²) in [7, 11) is 0. The van der Waals surface area contributed by atoms with E-state index in [1.54, 1.807) is 12.1 Å². The third kappa shape index (κ3) is 4.78. The molecule has 4 N–H and O–H groups in total. The lowest BCUT2D eigenvalue weighted by molar-refractivity contribution is -0.123. The number of nitrogens with two attached hydrogens (primary N) is 1. The molecule has 0 spiro atoms. The van der Waals surface area contributed by atoms with Crippen LogP contribution < -0.4 is 16.4 Å². The van der Waals surface area contributed by atoms with Crippen molar-refractivity contribution in [3.63, 3.8) is 0 Å². The Bertz CT molecular complexity index is 577. The normalized spacial score (nSPS) is 20.4. The Kier molecular flexibility index (Phi) is 5.91. The minimum Gasteiger partial charge on any atom is -0.370 e. The smallest absolute Gasteiger partial charge is 0.220 e. The fourth-order valence-corrected chi connectivity index (χ4v) is 3.00. The SMILES string of the molecule is CC(NC(N)=NCC1CCCC(=O)N1)c1ccc(Cl)cc1Cl. The number of nitrogens with zero attached hydrogens (tertiary/aromatic N) is 1. The molecule has 5 nitrogen and oxygen atoms in total. The molecular formula is C15H20Cl2N4O. The van der Waals surface area contributed by atoms with Crippen LogP contribution in [0.5, 0.6) is 0 Å². The maximum Gasteiger partial charge on any atom is 0.220 e. The maximum absolute atomic E-state index is 11.3. The highest BCUT2D eigenvalue weighted by molar-refractivity contribution is 6.35. The van der Waals surface area contributed by atoms with Crippen LogP contribution in [0.25, 0.3) is 0 Å². The summed E-state index contributed by atoms with van der Waals surface area (Å²) in [5.74, 6) is 0.414. The molecule has 7 heteroatoms. The van der Waals surface area contributed by atoms with Crippen LogP contribution >= 0.6 is 23.2 Å². The molecule has 1 aliphatic rings. The molecule has 22 heavy (non-hydrogen) atoms. The molecule has 0 radical (unpaired) electrons. The van der Waals surface area contributed by atoms with Gasteiger partial charge in [0, 0.05) is 22.5 Å². The van der Waals surface area contributed by atoms with Crippen LogP contribution in [0.2, 0.25) is 10.0 Å². The van der Waals surface area contributed by atoms with Crippen molar-refractivity contribution in [2.45, 2.75) is 38.3 Å². The number of rotatable bonds is 4. The van der Waals surface area contributed by atoms with Crippen molar-refractivity contribution in [2.75, 3.05) is 6.54 Å². The van der Waals surface area contributed by atoms with E-state index in [4.69, 9.17) is 28.9 Å². The van der Waals surface area contributed by atoms with E-state index in [9.17, 15) is 4.79 Å². The number of hydrogen-bond acceptors (Lipinski definition) is 2. The van der Waals surface area contributed by atoms with Gasteiger partial charge in [0.2, 0.25) is 5.91 Å². The van der Waals surface area contributed by atoms with Gasteiger partial charge in [-0.1, -0.05) is 29.3 Å². The molecule has 0 aliphatic carbocycles. The average molecular weight is 343 g/mol. The quantitative estimate of drug-likeness (QED) is 0.581. The van der Waals surface area contributed by atoms with Crippen molar-refractivity contribution in [1.29, 1.82) is 0 Å². The van der Waals surface area contributed by atoms with Gasteiger partial charge in [-0.15, -0.1) is 0 Å². The highest BCUT2D eigenvalue weighted by atomic mass is 35.5. The Morgan fingerprint density at radius 3 is 3.00 bits per heavy atom. The number of nitrogens with one attached hydrogen (secondary N) is 2. The number of halogens is 2. The molecule has 2 unspecified atom stereocenters. The molecule has 1 aromatic carbocycles. The number of guanidine groups is 1. The van der Waals surface area contributed by atoms with Gasteiger partial charge in [-0.2, -0.15) is 0 Å². The number of carbonyl (C=O) groups is 1. The van der Waals surface area contributed by atoms with E-state index in [0.717, 1.165) is 18.4 Å². The summed E-state index contributed by atoms with van der Waals surface area (Å²) in [5.41, 5.74) is 6.80. The molecule has 0 saturated carbocycles. The highest BCUT2D eigenvalue weighted by Gasteiger charge is 2.17. The molecule has 0 aromatic heterocycles. The zero-order valence-electron chi connectivity index (χ0n) is 12.4. The van der Waals surface area contributed by atoms with Crippen LogP contribution in [-0.4, -0.2) is 24.5 Å². The number of aliphatic imine (C=N–C) groups is 1. The first-order chi connectivity index (χ1) is 10.5. The van der Waals surface area contributed by atoms with Crippen molar-refractivity contribution in [3.8, 4) is 0 Å². The van der Waals surface area contributed by atoms with Crippen molar-refractivity contribution in [3.05, 3.63) is 33.8 Å². The van der Waals surface area contributed by atoms with Crippen LogP contribution in [0.3, 0.4) is 0 Å². The van der Waals surface area contributed by atoms with Crippen molar-refractivity contribution >= 4 is 35.1 Å². The topological polar surface area (TPSA) is 79.5 Å².